The first-order valence-electron chi connectivity index (χ1n) is 4.21. The molecule has 2 nitrogen and oxygen atoms in total. The van der Waals surface area contributed by atoms with Crippen LogP contribution in [0.2, 0.25) is 0 Å². The van der Waals surface area contributed by atoms with Crippen molar-refractivity contribution in [1.82, 2.24) is 0 Å². The van der Waals surface area contributed by atoms with Crippen LogP contribution in [0.25, 0.3) is 0 Å². The van der Waals surface area contributed by atoms with Gasteiger partial charge < -0.3 is 5.73 Å². The van der Waals surface area contributed by atoms with Crippen LogP contribution in [-0.2, 0) is 17.0 Å². The summed E-state index contributed by atoms with van der Waals surface area (Å²) in [6.07, 6.45) is -4.35. The third-order valence-electron chi connectivity index (χ3n) is 1.75. The van der Waals surface area contributed by atoms with Crippen molar-refractivity contribution in [3.63, 3.8) is 0 Å². The second-order valence-electron chi connectivity index (χ2n) is 2.86. The molecule has 0 spiro atoms. The molecule has 1 aromatic rings. The van der Waals surface area contributed by atoms with Gasteiger partial charge in [-0.25, -0.2) is 0 Å². The largest absolute Gasteiger partial charge is 0.416 e. The Bertz CT molecular complexity index is 347. The van der Waals surface area contributed by atoms with E-state index in [1.54, 1.807) is 0 Å². The molecule has 1 aromatic carbocycles. The molecule has 84 valence electrons. The molecule has 1 unspecified atom stereocenters. The predicted molar refractivity (Wildman–Crippen MR) is 51.8 cm³/mol. The highest BCUT2D eigenvalue weighted by Gasteiger charge is 2.30. The fraction of sp³-hybridized carbons (Fsp3) is 0.333. The summed E-state index contributed by atoms with van der Waals surface area (Å²) in [4.78, 5) is 0.369. The smallest absolute Gasteiger partial charge is 0.330 e. The Kier molecular flexibility index (Phi) is 3.87. The quantitative estimate of drug-likeness (QED) is 0.870. The van der Waals surface area contributed by atoms with Crippen molar-refractivity contribution in [2.45, 2.75) is 11.1 Å². The Morgan fingerprint density at radius 2 is 1.73 bits per heavy atom. The van der Waals surface area contributed by atoms with Crippen LogP contribution in [0.4, 0.5) is 13.2 Å². The normalized spacial score (nSPS) is 13.9. The lowest BCUT2D eigenvalue weighted by molar-refractivity contribution is -0.137. The number of hydrogen-bond donors (Lipinski definition) is 1. The molecule has 0 saturated heterocycles. The minimum atomic E-state index is -4.35. The first kappa shape index (κ1) is 12.2. The van der Waals surface area contributed by atoms with Crippen molar-refractivity contribution in [3.8, 4) is 0 Å². The highest BCUT2D eigenvalue weighted by Crippen LogP contribution is 2.29. The third kappa shape index (κ3) is 3.32. The third-order valence-corrected chi connectivity index (χ3v) is 3.15. The summed E-state index contributed by atoms with van der Waals surface area (Å²) in [6.45, 7) is 0.244. The first-order chi connectivity index (χ1) is 6.95. The van der Waals surface area contributed by atoms with Gasteiger partial charge in [-0.1, -0.05) is 0 Å². The molecule has 0 heterocycles. The SMILES string of the molecule is NCCS(=O)c1ccc(C(F)(F)F)cc1. The van der Waals surface area contributed by atoms with Gasteiger partial charge in [-0.05, 0) is 24.3 Å². The molecule has 0 bridgehead atoms. The standard InChI is InChI=1S/C9H10F3NOS/c10-9(11,12)7-1-3-8(4-2-7)15(14)6-5-13/h1-4H,5-6,13H2. The van der Waals surface area contributed by atoms with Crippen molar-refractivity contribution >= 4 is 10.8 Å². The zero-order valence-electron chi connectivity index (χ0n) is 7.75. The summed E-state index contributed by atoms with van der Waals surface area (Å²) in [5.41, 5.74) is 4.45. The number of halogens is 3. The molecule has 0 radical (unpaired) electrons. The Morgan fingerprint density at radius 3 is 2.13 bits per heavy atom. The van der Waals surface area contributed by atoms with Gasteiger partial charge in [0, 0.05) is 17.2 Å². The van der Waals surface area contributed by atoms with Gasteiger partial charge in [0.25, 0.3) is 0 Å². The van der Waals surface area contributed by atoms with Crippen molar-refractivity contribution in [3.05, 3.63) is 29.8 Å². The summed E-state index contributed by atoms with van der Waals surface area (Å²) < 4.78 is 47.9. The molecule has 6 heteroatoms. The summed E-state index contributed by atoms with van der Waals surface area (Å²) in [5.74, 6) is 0.255. The van der Waals surface area contributed by atoms with Crippen LogP contribution in [0, 0.1) is 0 Å². The molecule has 0 fully saturated rings. The average Bonchev–Trinajstić information content (AvgIpc) is 2.17. The van der Waals surface area contributed by atoms with Crippen molar-refractivity contribution in [2.75, 3.05) is 12.3 Å². The van der Waals surface area contributed by atoms with Crippen LogP contribution in [-0.4, -0.2) is 16.5 Å². The topological polar surface area (TPSA) is 43.1 Å². The maximum atomic E-state index is 12.2. The minimum Gasteiger partial charge on any atom is -0.330 e. The van der Waals surface area contributed by atoms with E-state index in [2.05, 4.69) is 0 Å². The molecule has 0 aliphatic rings. The fourth-order valence-electron chi connectivity index (χ4n) is 1.02. The summed E-state index contributed by atoms with van der Waals surface area (Å²) >= 11 is 0. The Labute approximate surface area is 87.7 Å². The van der Waals surface area contributed by atoms with Gasteiger partial charge in [0.15, 0.2) is 0 Å². The maximum Gasteiger partial charge on any atom is 0.416 e. The lowest BCUT2D eigenvalue weighted by Gasteiger charge is -2.07. The highest BCUT2D eigenvalue weighted by atomic mass is 32.2. The predicted octanol–water partition coefficient (Wildman–Crippen LogP) is 1.77. The van der Waals surface area contributed by atoms with Crippen molar-refractivity contribution < 1.29 is 17.4 Å². The molecule has 1 rings (SSSR count). The van der Waals surface area contributed by atoms with Crippen LogP contribution < -0.4 is 5.73 Å². The van der Waals surface area contributed by atoms with Crippen LogP contribution in [0.1, 0.15) is 5.56 Å². The lowest BCUT2D eigenvalue weighted by atomic mass is 10.2. The summed E-state index contributed by atoms with van der Waals surface area (Å²) in [7, 11) is -1.31. The van der Waals surface area contributed by atoms with Crippen LogP contribution in [0.3, 0.4) is 0 Å². The minimum absolute atomic E-state index is 0.244. The molecular formula is C9H10F3NOS. The van der Waals surface area contributed by atoms with E-state index in [9.17, 15) is 17.4 Å². The number of hydrogen-bond acceptors (Lipinski definition) is 2. The fourth-order valence-corrected chi connectivity index (χ4v) is 1.91. The van der Waals surface area contributed by atoms with Gasteiger partial charge in [0.2, 0.25) is 0 Å². The number of alkyl halides is 3. The van der Waals surface area contributed by atoms with Gasteiger partial charge >= 0.3 is 6.18 Å². The second-order valence-corrected chi connectivity index (χ2v) is 4.43. The maximum absolute atomic E-state index is 12.2. The highest BCUT2D eigenvalue weighted by molar-refractivity contribution is 7.85. The van der Waals surface area contributed by atoms with E-state index in [0.29, 0.717) is 4.90 Å². The van der Waals surface area contributed by atoms with E-state index in [1.165, 1.54) is 12.1 Å². The summed E-state index contributed by atoms with van der Waals surface area (Å²) in [6, 6.07) is 4.27. The van der Waals surface area contributed by atoms with E-state index >= 15 is 0 Å². The molecule has 0 aliphatic heterocycles. The second kappa shape index (κ2) is 4.76. The number of benzene rings is 1. The van der Waals surface area contributed by atoms with E-state index in [4.69, 9.17) is 5.73 Å². The zero-order valence-corrected chi connectivity index (χ0v) is 8.57. The average molecular weight is 237 g/mol. The van der Waals surface area contributed by atoms with E-state index in [1.807, 2.05) is 0 Å². The monoisotopic (exact) mass is 237 g/mol. The van der Waals surface area contributed by atoms with E-state index in [-0.39, 0.29) is 12.3 Å². The van der Waals surface area contributed by atoms with Crippen LogP contribution >= 0.6 is 0 Å². The van der Waals surface area contributed by atoms with Gasteiger partial charge in [0.1, 0.15) is 0 Å². The molecule has 0 aliphatic carbocycles. The first-order valence-corrected chi connectivity index (χ1v) is 5.52. The molecular weight excluding hydrogens is 227 g/mol. The van der Waals surface area contributed by atoms with E-state index < -0.39 is 22.5 Å². The van der Waals surface area contributed by atoms with Crippen LogP contribution in [0.5, 0.6) is 0 Å². The molecule has 1 atom stereocenters. The van der Waals surface area contributed by atoms with E-state index in [0.717, 1.165) is 12.1 Å². The molecule has 2 N–H and O–H groups in total. The molecule has 0 saturated carbocycles. The van der Waals surface area contributed by atoms with Gasteiger partial charge in [-0.15, -0.1) is 0 Å². The van der Waals surface area contributed by atoms with Crippen molar-refractivity contribution in [2.24, 2.45) is 5.73 Å². The van der Waals surface area contributed by atoms with Crippen LogP contribution in [0.15, 0.2) is 29.2 Å². The van der Waals surface area contributed by atoms with Gasteiger partial charge in [0.05, 0.1) is 16.4 Å². The molecule has 15 heavy (non-hydrogen) atoms. The Balaban J connectivity index is 2.86. The zero-order chi connectivity index (χ0) is 11.5. The Morgan fingerprint density at radius 1 is 1.20 bits per heavy atom. The molecule has 0 amide bonds. The lowest BCUT2D eigenvalue weighted by Crippen LogP contribution is -2.10. The van der Waals surface area contributed by atoms with Gasteiger partial charge in [-0.3, -0.25) is 4.21 Å². The van der Waals surface area contributed by atoms with Crippen molar-refractivity contribution in [1.29, 1.82) is 0 Å². The molecule has 0 aromatic heterocycles. The number of rotatable bonds is 3. The van der Waals surface area contributed by atoms with Gasteiger partial charge in [-0.2, -0.15) is 13.2 Å². The Hall–Kier alpha value is -0.880. The number of nitrogens with two attached hydrogens (primary N) is 1. The summed E-state index contributed by atoms with van der Waals surface area (Å²) in [5, 5.41) is 0.